The van der Waals surface area contributed by atoms with Gasteiger partial charge in [0.15, 0.2) is 0 Å². The second-order valence-electron chi connectivity index (χ2n) is 6.36. The molecule has 1 N–H and O–H groups in total. The molecule has 3 rings (SSSR count). The molecular formula is C15H20F3N3O2. The maximum atomic E-state index is 12.7. The number of hydrogen-bond acceptors (Lipinski definition) is 3. The van der Waals surface area contributed by atoms with Gasteiger partial charge in [-0.15, -0.1) is 0 Å². The van der Waals surface area contributed by atoms with E-state index < -0.39 is 18.0 Å². The molecule has 1 aromatic rings. The predicted molar refractivity (Wildman–Crippen MR) is 75.7 cm³/mol. The van der Waals surface area contributed by atoms with Gasteiger partial charge in [-0.05, 0) is 25.2 Å². The molecule has 128 valence electrons. The number of H-pyrrole nitrogens is 1. The van der Waals surface area contributed by atoms with Gasteiger partial charge < -0.3 is 14.6 Å². The van der Waals surface area contributed by atoms with Crippen molar-refractivity contribution in [3.63, 3.8) is 0 Å². The summed E-state index contributed by atoms with van der Waals surface area (Å²) in [7, 11) is 0. The lowest BCUT2D eigenvalue weighted by Gasteiger charge is -2.34. The number of carbonyl (C=O) groups is 1. The number of imidazole rings is 1. The van der Waals surface area contributed by atoms with Gasteiger partial charge in [0, 0.05) is 25.6 Å². The molecule has 1 aromatic heterocycles. The standard InChI is InChI=1S/C15H20F3N3O2/c1-9-4-6-23-12(9)14(22)21-5-2-3-10(8-21)13-19-7-11(20-13)15(16,17)18/h7,9-10,12H,2-6,8H2,1H3,(H,19,20)/t9-,10-,12+/m1/s1. The highest BCUT2D eigenvalue weighted by molar-refractivity contribution is 5.81. The lowest BCUT2D eigenvalue weighted by molar-refractivity contribution is -0.144. The maximum Gasteiger partial charge on any atom is 0.432 e. The minimum atomic E-state index is -4.43. The third kappa shape index (κ3) is 3.36. The van der Waals surface area contributed by atoms with Crippen LogP contribution < -0.4 is 0 Å². The first-order valence-corrected chi connectivity index (χ1v) is 7.88. The average Bonchev–Trinajstić information content (AvgIpc) is 3.15. The molecule has 0 radical (unpaired) electrons. The number of aromatic amines is 1. The Morgan fingerprint density at radius 2 is 2.22 bits per heavy atom. The van der Waals surface area contributed by atoms with Crippen LogP contribution in [0, 0.1) is 5.92 Å². The van der Waals surface area contributed by atoms with Crippen LogP contribution in [-0.4, -0.2) is 46.6 Å². The Labute approximate surface area is 132 Å². The van der Waals surface area contributed by atoms with Crippen molar-refractivity contribution in [2.45, 2.75) is 44.4 Å². The lowest BCUT2D eigenvalue weighted by atomic mass is 9.95. The minimum absolute atomic E-state index is 0.0534. The lowest BCUT2D eigenvalue weighted by Crippen LogP contribution is -2.45. The number of aromatic nitrogens is 2. The molecule has 0 spiro atoms. The Balaban J connectivity index is 1.68. The number of likely N-dealkylation sites (tertiary alicyclic amines) is 1. The second-order valence-corrected chi connectivity index (χ2v) is 6.36. The van der Waals surface area contributed by atoms with Gasteiger partial charge in [0.25, 0.3) is 5.91 Å². The van der Waals surface area contributed by atoms with Crippen LogP contribution in [-0.2, 0) is 15.7 Å². The topological polar surface area (TPSA) is 58.2 Å². The number of nitrogens with one attached hydrogen (secondary N) is 1. The number of hydrogen-bond donors (Lipinski definition) is 1. The quantitative estimate of drug-likeness (QED) is 0.906. The summed E-state index contributed by atoms with van der Waals surface area (Å²) in [5.41, 5.74) is -0.844. The summed E-state index contributed by atoms with van der Waals surface area (Å²) >= 11 is 0. The fourth-order valence-corrected chi connectivity index (χ4v) is 3.28. The van der Waals surface area contributed by atoms with Crippen molar-refractivity contribution < 1.29 is 22.7 Å². The number of ether oxygens (including phenoxy) is 1. The molecule has 23 heavy (non-hydrogen) atoms. The van der Waals surface area contributed by atoms with Gasteiger partial charge in [0.05, 0.1) is 6.20 Å². The highest BCUT2D eigenvalue weighted by atomic mass is 19.4. The SMILES string of the molecule is C[C@@H]1CCO[C@@H]1C(=O)N1CCC[C@@H](c2ncc(C(F)(F)F)[nH]2)C1. The van der Waals surface area contributed by atoms with Gasteiger partial charge >= 0.3 is 6.18 Å². The van der Waals surface area contributed by atoms with E-state index >= 15 is 0 Å². The van der Waals surface area contributed by atoms with Crippen molar-refractivity contribution in [1.29, 1.82) is 0 Å². The number of rotatable bonds is 2. The zero-order valence-electron chi connectivity index (χ0n) is 12.9. The Morgan fingerprint density at radius 3 is 2.83 bits per heavy atom. The van der Waals surface area contributed by atoms with E-state index in [0.717, 1.165) is 25.5 Å². The first kappa shape index (κ1) is 16.3. The molecule has 5 nitrogen and oxygen atoms in total. The van der Waals surface area contributed by atoms with Gasteiger partial charge in [0.1, 0.15) is 17.6 Å². The number of nitrogens with zero attached hydrogens (tertiary/aromatic N) is 2. The minimum Gasteiger partial charge on any atom is -0.368 e. The third-order valence-electron chi connectivity index (χ3n) is 4.65. The molecule has 0 saturated carbocycles. The molecule has 2 aliphatic heterocycles. The second kappa shape index (κ2) is 6.14. The van der Waals surface area contributed by atoms with Crippen molar-refractivity contribution in [3.8, 4) is 0 Å². The van der Waals surface area contributed by atoms with Crippen LogP contribution in [0.1, 0.15) is 43.6 Å². The smallest absolute Gasteiger partial charge is 0.368 e. The Kier molecular flexibility index (Phi) is 4.35. The molecule has 1 amide bonds. The van der Waals surface area contributed by atoms with Crippen LogP contribution in [0.3, 0.4) is 0 Å². The number of alkyl halides is 3. The molecule has 2 fully saturated rings. The van der Waals surface area contributed by atoms with Crippen LogP contribution in [0.15, 0.2) is 6.20 Å². The fourth-order valence-electron chi connectivity index (χ4n) is 3.28. The van der Waals surface area contributed by atoms with Gasteiger partial charge in [-0.25, -0.2) is 4.98 Å². The van der Waals surface area contributed by atoms with E-state index in [0.29, 0.717) is 25.5 Å². The number of carbonyl (C=O) groups excluding carboxylic acids is 1. The van der Waals surface area contributed by atoms with Crippen molar-refractivity contribution in [1.82, 2.24) is 14.9 Å². The average molecular weight is 331 g/mol. The zero-order valence-corrected chi connectivity index (χ0v) is 12.9. The van der Waals surface area contributed by atoms with E-state index in [2.05, 4.69) is 9.97 Å². The first-order valence-electron chi connectivity index (χ1n) is 7.88. The molecule has 0 aliphatic carbocycles. The largest absolute Gasteiger partial charge is 0.432 e. The van der Waals surface area contributed by atoms with Crippen molar-refractivity contribution in [2.75, 3.05) is 19.7 Å². The highest BCUT2D eigenvalue weighted by Gasteiger charge is 2.38. The molecule has 2 aliphatic rings. The van der Waals surface area contributed by atoms with Crippen molar-refractivity contribution in [3.05, 3.63) is 17.7 Å². The summed E-state index contributed by atoms with van der Waals surface area (Å²) in [5.74, 6) is 0.237. The Hall–Kier alpha value is -1.57. The van der Waals surface area contributed by atoms with Crippen LogP contribution >= 0.6 is 0 Å². The summed E-state index contributed by atoms with van der Waals surface area (Å²) in [6.45, 7) is 3.58. The van der Waals surface area contributed by atoms with Gasteiger partial charge in [-0.1, -0.05) is 6.92 Å². The molecule has 3 heterocycles. The van der Waals surface area contributed by atoms with Crippen LogP contribution in [0.5, 0.6) is 0 Å². The van der Waals surface area contributed by atoms with E-state index in [1.54, 1.807) is 4.90 Å². The predicted octanol–water partition coefficient (Wildman–Crippen LogP) is 2.56. The first-order chi connectivity index (χ1) is 10.9. The summed E-state index contributed by atoms with van der Waals surface area (Å²) in [4.78, 5) is 20.5. The summed E-state index contributed by atoms with van der Waals surface area (Å²) < 4.78 is 43.5. The molecule has 3 atom stereocenters. The molecule has 8 heteroatoms. The Morgan fingerprint density at radius 1 is 1.43 bits per heavy atom. The molecule has 0 unspecified atom stereocenters. The highest BCUT2D eigenvalue weighted by Crippen LogP contribution is 2.32. The van der Waals surface area contributed by atoms with E-state index in [9.17, 15) is 18.0 Å². The van der Waals surface area contributed by atoms with Gasteiger partial charge in [-0.2, -0.15) is 13.2 Å². The molecular weight excluding hydrogens is 311 g/mol. The number of halogens is 3. The monoisotopic (exact) mass is 331 g/mol. The van der Waals surface area contributed by atoms with E-state index in [4.69, 9.17) is 4.74 Å². The molecule has 0 aromatic carbocycles. The third-order valence-corrected chi connectivity index (χ3v) is 4.65. The molecule has 2 saturated heterocycles. The van der Waals surface area contributed by atoms with Crippen LogP contribution in [0.4, 0.5) is 13.2 Å². The van der Waals surface area contributed by atoms with Crippen molar-refractivity contribution in [2.24, 2.45) is 5.92 Å². The zero-order chi connectivity index (χ0) is 16.6. The van der Waals surface area contributed by atoms with E-state index in [1.165, 1.54) is 0 Å². The number of amides is 1. The van der Waals surface area contributed by atoms with Gasteiger partial charge in [-0.3, -0.25) is 4.79 Å². The van der Waals surface area contributed by atoms with E-state index in [1.807, 2.05) is 6.92 Å². The summed E-state index contributed by atoms with van der Waals surface area (Å²) in [5, 5.41) is 0. The van der Waals surface area contributed by atoms with Gasteiger partial charge in [0.2, 0.25) is 0 Å². The Bertz CT molecular complexity index is 573. The molecule has 0 bridgehead atoms. The number of piperidine rings is 1. The van der Waals surface area contributed by atoms with E-state index in [-0.39, 0.29) is 17.7 Å². The maximum absolute atomic E-state index is 12.7. The van der Waals surface area contributed by atoms with Crippen LogP contribution in [0.25, 0.3) is 0 Å². The summed E-state index contributed by atoms with van der Waals surface area (Å²) in [6.07, 6.45) is -1.70. The van der Waals surface area contributed by atoms with Crippen LogP contribution in [0.2, 0.25) is 0 Å². The summed E-state index contributed by atoms with van der Waals surface area (Å²) in [6, 6.07) is 0. The normalized spacial score (nSPS) is 29.0. The van der Waals surface area contributed by atoms with Crippen molar-refractivity contribution >= 4 is 5.91 Å². The fraction of sp³-hybridized carbons (Fsp3) is 0.733.